The van der Waals surface area contributed by atoms with Crippen molar-refractivity contribution in [2.75, 3.05) is 11.9 Å². The molecule has 0 saturated heterocycles. The normalized spacial score (nSPS) is 21.9. The number of rotatable bonds is 4. The Hall–Kier alpha value is -2.59. The van der Waals surface area contributed by atoms with Gasteiger partial charge < -0.3 is 10.4 Å². The van der Waals surface area contributed by atoms with Crippen LogP contribution in [0.2, 0.25) is 0 Å². The molecule has 0 fully saturated rings. The Morgan fingerprint density at radius 3 is 2.80 bits per heavy atom. The monoisotopic (exact) mass is 332 g/mol. The van der Waals surface area contributed by atoms with Gasteiger partial charge in [0.1, 0.15) is 0 Å². The molecule has 0 aliphatic carbocycles. The molecule has 2 aromatic rings. The van der Waals surface area contributed by atoms with E-state index in [1.165, 1.54) is 11.1 Å². The first-order valence-electron chi connectivity index (χ1n) is 8.54. The minimum atomic E-state index is -0.895. The van der Waals surface area contributed by atoms with Crippen LogP contribution in [0.25, 0.3) is 0 Å². The van der Waals surface area contributed by atoms with Crippen LogP contribution in [0.3, 0.4) is 0 Å². The lowest BCUT2D eigenvalue weighted by Gasteiger charge is -2.36. The van der Waals surface area contributed by atoms with Crippen molar-refractivity contribution in [3.63, 3.8) is 0 Å². The highest BCUT2D eigenvalue weighted by atomic mass is 16.4. The predicted octanol–water partition coefficient (Wildman–Crippen LogP) is 3.76. The molecule has 2 atom stereocenters. The molecule has 25 heavy (non-hydrogen) atoms. The minimum absolute atomic E-state index is 0.0641. The van der Waals surface area contributed by atoms with Crippen LogP contribution in [0.15, 0.2) is 60.2 Å². The van der Waals surface area contributed by atoms with Crippen LogP contribution in [-0.4, -0.2) is 28.6 Å². The van der Waals surface area contributed by atoms with Gasteiger partial charge in [-0.15, -0.1) is 0 Å². The Morgan fingerprint density at radius 2 is 2.04 bits per heavy atom. The number of fused-ring (bicyclic) bond motifs is 3. The van der Waals surface area contributed by atoms with Crippen LogP contribution in [0, 0.1) is 6.54 Å². The Morgan fingerprint density at radius 1 is 1.24 bits per heavy atom. The van der Waals surface area contributed by atoms with Crippen molar-refractivity contribution in [3.8, 4) is 0 Å². The fourth-order valence-corrected chi connectivity index (χ4v) is 3.66. The standard InChI is InChI=1S/C21H20N2O2/c1-14-17-10-12-23(11-9-15-5-3-2-4-6-15)20(17)18-13-16(21(24)25)7-8-19(18)22-14/h2-8,10,13-14,20,22H,9,11H2,1H3,(H,24,25). The number of nitrogens with one attached hydrogen (secondary N) is 1. The van der Waals surface area contributed by atoms with Crippen LogP contribution in [0.5, 0.6) is 0 Å². The summed E-state index contributed by atoms with van der Waals surface area (Å²) < 4.78 is 0. The zero-order valence-electron chi connectivity index (χ0n) is 14.1. The molecule has 2 unspecified atom stereocenters. The minimum Gasteiger partial charge on any atom is -0.478 e. The van der Waals surface area contributed by atoms with Gasteiger partial charge in [-0.1, -0.05) is 36.4 Å². The van der Waals surface area contributed by atoms with Gasteiger partial charge in [0.05, 0.1) is 18.2 Å². The fourth-order valence-electron chi connectivity index (χ4n) is 3.66. The lowest BCUT2D eigenvalue weighted by molar-refractivity contribution is 0.0696. The summed E-state index contributed by atoms with van der Waals surface area (Å²) in [5.74, 6) is -0.895. The first-order valence-corrected chi connectivity index (χ1v) is 8.54. The van der Waals surface area contributed by atoms with E-state index in [-0.39, 0.29) is 12.1 Å². The predicted molar refractivity (Wildman–Crippen MR) is 97.4 cm³/mol. The van der Waals surface area contributed by atoms with E-state index in [0.29, 0.717) is 5.56 Å². The molecule has 2 N–H and O–H groups in total. The van der Waals surface area contributed by atoms with Crippen molar-refractivity contribution >= 4 is 11.7 Å². The molecule has 0 saturated carbocycles. The summed E-state index contributed by atoms with van der Waals surface area (Å²) in [5, 5.41) is 12.8. The summed E-state index contributed by atoms with van der Waals surface area (Å²) in [7, 11) is 0. The number of carboxylic acids is 1. The summed E-state index contributed by atoms with van der Waals surface area (Å²) >= 11 is 0. The maximum absolute atomic E-state index is 11.4. The molecular weight excluding hydrogens is 312 g/mol. The number of hydrogen-bond donors (Lipinski definition) is 2. The van der Waals surface area contributed by atoms with Crippen molar-refractivity contribution in [1.82, 2.24) is 4.90 Å². The van der Waals surface area contributed by atoms with Crippen LogP contribution in [0.1, 0.15) is 34.5 Å². The average molecular weight is 332 g/mol. The van der Waals surface area contributed by atoms with Gasteiger partial charge in [0.25, 0.3) is 0 Å². The molecule has 0 spiro atoms. The maximum atomic E-state index is 11.4. The van der Waals surface area contributed by atoms with E-state index in [1.54, 1.807) is 12.1 Å². The lowest BCUT2D eigenvalue weighted by atomic mass is 9.88. The number of carbonyl (C=O) groups is 1. The van der Waals surface area contributed by atoms with Gasteiger partial charge in [0.2, 0.25) is 0 Å². The number of anilines is 1. The molecule has 126 valence electrons. The van der Waals surface area contributed by atoms with Crippen LogP contribution in [-0.2, 0) is 6.42 Å². The Bertz CT molecular complexity index is 829. The third-order valence-electron chi connectivity index (χ3n) is 4.97. The molecule has 2 aromatic carbocycles. The summed E-state index contributed by atoms with van der Waals surface area (Å²) in [6, 6.07) is 16.0. The zero-order valence-corrected chi connectivity index (χ0v) is 14.1. The molecule has 2 aliphatic heterocycles. The second kappa shape index (κ2) is 6.37. The zero-order chi connectivity index (χ0) is 17.4. The Kier molecular flexibility index (Phi) is 4.06. The van der Waals surface area contributed by atoms with Crippen LogP contribution < -0.4 is 5.32 Å². The average Bonchev–Trinajstić information content (AvgIpc) is 3.05. The first kappa shape index (κ1) is 15.9. The molecule has 0 amide bonds. The summed E-state index contributed by atoms with van der Waals surface area (Å²) in [6.45, 7) is 6.35. The van der Waals surface area contributed by atoms with Gasteiger partial charge in [-0.2, -0.15) is 0 Å². The number of carboxylic acid groups (broad SMARTS) is 1. The maximum Gasteiger partial charge on any atom is 0.335 e. The SMILES string of the molecule is CC1Nc2ccc(C(=O)O)cc2C2C1=C[C]N2CCc1ccccc1. The van der Waals surface area contributed by atoms with Gasteiger partial charge >= 0.3 is 5.97 Å². The highest BCUT2D eigenvalue weighted by Gasteiger charge is 2.37. The van der Waals surface area contributed by atoms with Crippen molar-refractivity contribution in [2.45, 2.75) is 25.4 Å². The first-order chi connectivity index (χ1) is 12.1. The van der Waals surface area contributed by atoms with Gasteiger partial charge in [0, 0.05) is 18.3 Å². The van der Waals surface area contributed by atoms with Crippen molar-refractivity contribution < 1.29 is 9.90 Å². The number of hydrogen-bond acceptors (Lipinski definition) is 3. The number of nitrogens with zero attached hydrogens (tertiary/aromatic N) is 1. The van der Waals surface area contributed by atoms with E-state index in [2.05, 4.69) is 48.0 Å². The molecule has 2 aliphatic rings. The highest BCUT2D eigenvalue weighted by Crippen LogP contribution is 2.44. The molecule has 2 radical (unpaired) electrons. The summed E-state index contributed by atoms with van der Waals surface area (Å²) in [4.78, 5) is 13.6. The van der Waals surface area contributed by atoms with E-state index in [0.717, 1.165) is 24.2 Å². The number of aromatic carboxylic acids is 1. The third-order valence-corrected chi connectivity index (χ3v) is 4.97. The van der Waals surface area contributed by atoms with Crippen molar-refractivity contribution in [1.29, 1.82) is 0 Å². The van der Waals surface area contributed by atoms with Gasteiger partial charge in [-0.05, 0) is 48.2 Å². The molecular formula is C21H20N2O2. The molecule has 4 nitrogen and oxygen atoms in total. The van der Waals surface area contributed by atoms with Crippen LogP contribution in [0.4, 0.5) is 5.69 Å². The van der Waals surface area contributed by atoms with E-state index in [4.69, 9.17) is 0 Å². The molecule has 2 heterocycles. The Labute approximate surface area is 147 Å². The highest BCUT2D eigenvalue weighted by molar-refractivity contribution is 5.89. The lowest BCUT2D eigenvalue weighted by Crippen LogP contribution is -2.34. The molecule has 0 aromatic heterocycles. The van der Waals surface area contributed by atoms with Crippen LogP contribution >= 0.6 is 0 Å². The second-order valence-corrected chi connectivity index (χ2v) is 6.58. The Balaban J connectivity index is 1.62. The second-order valence-electron chi connectivity index (χ2n) is 6.58. The smallest absolute Gasteiger partial charge is 0.335 e. The molecule has 0 bridgehead atoms. The number of benzene rings is 2. The fraction of sp³-hybridized carbons (Fsp3) is 0.238. The van der Waals surface area contributed by atoms with Gasteiger partial charge in [0.15, 0.2) is 0 Å². The van der Waals surface area contributed by atoms with E-state index >= 15 is 0 Å². The topological polar surface area (TPSA) is 52.6 Å². The van der Waals surface area contributed by atoms with Gasteiger partial charge in [-0.3, -0.25) is 4.90 Å². The quantitative estimate of drug-likeness (QED) is 0.895. The van der Waals surface area contributed by atoms with E-state index < -0.39 is 5.97 Å². The third kappa shape index (κ3) is 2.94. The van der Waals surface area contributed by atoms with Crippen molar-refractivity contribution in [2.24, 2.45) is 0 Å². The summed E-state index contributed by atoms with van der Waals surface area (Å²) in [5.41, 5.74) is 4.88. The largest absolute Gasteiger partial charge is 0.478 e. The van der Waals surface area contributed by atoms with E-state index in [9.17, 15) is 9.90 Å². The molecule has 4 heteroatoms. The van der Waals surface area contributed by atoms with E-state index in [1.807, 2.05) is 18.2 Å². The van der Waals surface area contributed by atoms with Crippen molar-refractivity contribution in [3.05, 3.63) is 83.4 Å². The summed E-state index contributed by atoms with van der Waals surface area (Å²) in [6.07, 6.45) is 2.98. The molecule has 4 rings (SSSR count). The van der Waals surface area contributed by atoms with Gasteiger partial charge in [-0.25, -0.2) is 4.79 Å².